The Hall–Kier alpha value is -2.92. The number of nitrogens with zero attached hydrogens (tertiary/aromatic N) is 2. The van der Waals surface area contributed by atoms with Crippen molar-refractivity contribution in [3.8, 4) is 22.6 Å². The highest BCUT2D eigenvalue weighted by molar-refractivity contribution is 7.89. The largest absolute Gasteiger partial charge is 0.494 e. The van der Waals surface area contributed by atoms with Crippen LogP contribution < -0.4 is 9.88 Å². The number of alkyl halides is 3. The predicted octanol–water partition coefficient (Wildman–Crippen LogP) is 3.35. The number of methoxy groups -OCH3 is 1. The number of primary sulfonamides is 1. The Morgan fingerprint density at radius 2 is 1.89 bits per heavy atom. The average Bonchev–Trinajstić information content (AvgIpc) is 3.13. The third-order valence-electron chi connectivity index (χ3n) is 3.91. The molecule has 0 aliphatic rings. The molecule has 2 N–H and O–H groups in total. The fraction of sp³-hybridized carbons (Fsp3) is 0.118. The highest BCUT2D eigenvalue weighted by Crippen LogP contribution is 2.41. The van der Waals surface area contributed by atoms with Crippen molar-refractivity contribution in [1.29, 1.82) is 0 Å². The molecule has 0 bridgehead atoms. The van der Waals surface area contributed by atoms with Gasteiger partial charge in [0.25, 0.3) is 0 Å². The number of halogens is 4. The molecule has 0 aliphatic heterocycles. The van der Waals surface area contributed by atoms with E-state index in [1.807, 2.05) is 0 Å². The number of hydrogen-bond donors (Lipinski definition) is 1. The number of ether oxygens (including phenoxy) is 1. The van der Waals surface area contributed by atoms with E-state index >= 15 is 0 Å². The van der Waals surface area contributed by atoms with E-state index in [-0.39, 0.29) is 16.9 Å². The van der Waals surface area contributed by atoms with Gasteiger partial charge in [-0.15, -0.1) is 0 Å². The van der Waals surface area contributed by atoms with Crippen molar-refractivity contribution < 1.29 is 30.7 Å². The van der Waals surface area contributed by atoms with E-state index in [1.54, 1.807) is 0 Å². The summed E-state index contributed by atoms with van der Waals surface area (Å²) in [7, 11) is -3.24. The summed E-state index contributed by atoms with van der Waals surface area (Å²) in [6.45, 7) is 0. The van der Waals surface area contributed by atoms with Gasteiger partial charge in [-0.1, -0.05) is 6.07 Å². The Kier molecular flexibility index (Phi) is 4.90. The van der Waals surface area contributed by atoms with Crippen LogP contribution in [0.5, 0.6) is 5.75 Å². The van der Waals surface area contributed by atoms with Crippen LogP contribution in [0.1, 0.15) is 5.56 Å². The Bertz CT molecular complexity index is 1130. The second-order valence-electron chi connectivity index (χ2n) is 5.71. The van der Waals surface area contributed by atoms with Gasteiger partial charge in [0.1, 0.15) is 0 Å². The van der Waals surface area contributed by atoms with Gasteiger partial charge in [0.2, 0.25) is 10.0 Å². The molecule has 1 heterocycles. The molecule has 0 amide bonds. The van der Waals surface area contributed by atoms with E-state index in [0.717, 1.165) is 16.8 Å². The molecule has 0 spiro atoms. The number of benzene rings is 2. The maximum absolute atomic E-state index is 14.2. The highest BCUT2D eigenvalue weighted by Gasteiger charge is 2.37. The monoisotopic (exact) mass is 415 g/mol. The van der Waals surface area contributed by atoms with Crippen molar-refractivity contribution in [1.82, 2.24) is 9.78 Å². The van der Waals surface area contributed by atoms with Crippen LogP contribution in [0.25, 0.3) is 16.8 Å². The summed E-state index contributed by atoms with van der Waals surface area (Å²) in [5, 5.41) is 8.86. The molecule has 0 saturated heterocycles. The quantitative estimate of drug-likeness (QED) is 0.662. The zero-order valence-corrected chi connectivity index (χ0v) is 15.1. The first kappa shape index (κ1) is 19.8. The van der Waals surface area contributed by atoms with Gasteiger partial charge in [0.05, 0.1) is 23.3 Å². The van der Waals surface area contributed by atoms with Crippen LogP contribution in [0.2, 0.25) is 0 Å². The maximum atomic E-state index is 14.2. The van der Waals surface area contributed by atoms with Crippen molar-refractivity contribution in [3.63, 3.8) is 0 Å². The van der Waals surface area contributed by atoms with Crippen molar-refractivity contribution in [2.75, 3.05) is 7.11 Å². The Morgan fingerprint density at radius 3 is 2.39 bits per heavy atom. The van der Waals surface area contributed by atoms with E-state index in [9.17, 15) is 26.0 Å². The van der Waals surface area contributed by atoms with E-state index < -0.39 is 38.2 Å². The third kappa shape index (κ3) is 3.71. The van der Waals surface area contributed by atoms with E-state index in [2.05, 4.69) is 5.10 Å². The van der Waals surface area contributed by atoms with Crippen LogP contribution in [0.3, 0.4) is 0 Å². The fourth-order valence-electron chi connectivity index (χ4n) is 2.69. The van der Waals surface area contributed by atoms with Gasteiger partial charge in [-0.2, -0.15) is 18.3 Å². The molecular formula is C17H13F4N3O3S. The number of nitrogens with two attached hydrogens (primary N) is 1. The summed E-state index contributed by atoms with van der Waals surface area (Å²) >= 11 is 0. The van der Waals surface area contributed by atoms with Crippen LogP contribution in [0, 0.1) is 5.82 Å². The topological polar surface area (TPSA) is 87.2 Å². The Balaban J connectivity index is 2.44. The smallest absolute Gasteiger partial charge is 0.418 e. The molecule has 0 aliphatic carbocycles. The van der Waals surface area contributed by atoms with Crippen LogP contribution >= 0.6 is 0 Å². The lowest BCUT2D eigenvalue weighted by Gasteiger charge is -2.19. The van der Waals surface area contributed by atoms with Crippen LogP contribution in [0.15, 0.2) is 53.7 Å². The fourth-order valence-corrected chi connectivity index (χ4v) is 3.25. The lowest BCUT2D eigenvalue weighted by molar-refractivity contribution is -0.137. The maximum Gasteiger partial charge on any atom is 0.418 e. The van der Waals surface area contributed by atoms with Crippen LogP contribution in [-0.2, 0) is 16.2 Å². The molecule has 28 heavy (non-hydrogen) atoms. The molecular weight excluding hydrogens is 402 g/mol. The molecule has 0 radical (unpaired) electrons. The van der Waals surface area contributed by atoms with Crippen LogP contribution in [0.4, 0.5) is 17.6 Å². The zero-order valence-electron chi connectivity index (χ0n) is 14.2. The van der Waals surface area contributed by atoms with Gasteiger partial charge < -0.3 is 4.74 Å². The highest BCUT2D eigenvalue weighted by atomic mass is 32.2. The summed E-state index contributed by atoms with van der Waals surface area (Å²) in [5.74, 6) is -0.955. The Labute approximate surface area is 157 Å². The first-order valence-electron chi connectivity index (χ1n) is 7.64. The van der Waals surface area contributed by atoms with E-state index in [1.165, 1.54) is 37.7 Å². The molecule has 0 saturated carbocycles. The molecule has 3 rings (SSSR count). The molecule has 6 nitrogen and oxygen atoms in total. The SMILES string of the molecule is COc1ccc(-c2cc(S(N)(=O)=O)cc(C(F)(F)F)c2-n2cccn2)cc1F. The molecule has 3 aromatic rings. The van der Waals surface area contributed by atoms with Crippen molar-refractivity contribution in [2.24, 2.45) is 5.14 Å². The third-order valence-corrected chi connectivity index (χ3v) is 4.81. The number of sulfonamides is 1. The molecule has 1 aromatic heterocycles. The summed E-state index contributed by atoms with van der Waals surface area (Å²) in [5.41, 5.74) is -1.98. The average molecular weight is 415 g/mol. The lowest BCUT2D eigenvalue weighted by Crippen LogP contribution is -2.18. The molecule has 0 unspecified atom stereocenters. The zero-order chi connectivity index (χ0) is 20.7. The lowest BCUT2D eigenvalue weighted by atomic mass is 9.99. The molecule has 2 aromatic carbocycles. The standard InChI is InChI=1S/C17H13F4N3O3S/c1-27-15-4-3-10(7-14(15)18)12-8-11(28(22,25)26)9-13(17(19,20)21)16(12)24-6-2-5-23-24/h2-9H,1H3,(H2,22,25,26). The second-order valence-corrected chi connectivity index (χ2v) is 7.27. The summed E-state index contributed by atoms with van der Waals surface area (Å²) < 4.78 is 84.6. The van der Waals surface area contributed by atoms with Crippen molar-refractivity contribution >= 4 is 10.0 Å². The predicted molar refractivity (Wildman–Crippen MR) is 91.9 cm³/mol. The van der Waals surface area contributed by atoms with Gasteiger partial charge in [0.15, 0.2) is 11.6 Å². The van der Waals surface area contributed by atoms with Gasteiger partial charge in [0, 0.05) is 18.0 Å². The summed E-state index contributed by atoms with van der Waals surface area (Å²) in [6.07, 6.45) is -2.42. The second kappa shape index (κ2) is 6.91. The minimum atomic E-state index is -4.93. The van der Waals surface area contributed by atoms with Gasteiger partial charge in [-0.05, 0) is 35.9 Å². The minimum absolute atomic E-state index is 0.0141. The van der Waals surface area contributed by atoms with Crippen LogP contribution in [-0.4, -0.2) is 25.3 Å². The first-order valence-corrected chi connectivity index (χ1v) is 9.19. The first-order chi connectivity index (χ1) is 13.0. The summed E-state index contributed by atoms with van der Waals surface area (Å²) in [6, 6.07) is 6.23. The molecule has 0 fully saturated rings. The Morgan fingerprint density at radius 1 is 1.18 bits per heavy atom. The molecule has 0 atom stereocenters. The van der Waals surface area contributed by atoms with E-state index in [0.29, 0.717) is 6.07 Å². The van der Waals surface area contributed by atoms with Crippen molar-refractivity contribution in [2.45, 2.75) is 11.1 Å². The minimum Gasteiger partial charge on any atom is -0.494 e. The van der Waals surface area contributed by atoms with Crippen molar-refractivity contribution in [3.05, 3.63) is 60.2 Å². The number of hydrogen-bond acceptors (Lipinski definition) is 4. The molecule has 148 valence electrons. The molecule has 11 heteroatoms. The summed E-state index contributed by atoms with van der Waals surface area (Å²) in [4.78, 5) is -0.762. The number of rotatable bonds is 4. The number of aromatic nitrogens is 2. The van der Waals surface area contributed by atoms with Gasteiger partial charge in [-0.3, -0.25) is 0 Å². The van der Waals surface area contributed by atoms with Gasteiger partial charge in [-0.25, -0.2) is 22.6 Å². The van der Waals surface area contributed by atoms with E-state index in [4.69, 9.17) is 9.88 Å². The van der Waals surface area contributed by atoms with Gasteiger partial charge >= 0.3 is 6.18 Å². The normalized spacial score (nSPS) is 12.2.